The summed E-state index contributed by atoms with van der Waals surface area (Å²) in [5.74, 6) is -0.732. The Morgan fingerprint density at radius 2 is 1.56 bits per heavy atom. The molecular weight excluding hydrogens is 434 g/mol. The van der Waals surface area contributed by atoms with E-state index in [0.717, 1.165) is 39.2 Å². The second-order valence-corrected chi connectivity index (χ2v) is 8.51. The Bertz CT molecular complexity index is 1320. The number of rotatable bonds is 6. The number of amides is 1. The Balaban J connectivity index is 1.85. The summed E-state index contributed by atoms with van der Waals surface area (Å²) in [7, 11) is 0. The molecule has 0 saturated carbocycles. The molecule has 34 heavy (non-hydrogen) atoms. The van der Waals surface area contributed by atoms with Gasteiger partial charge in [0.15, 0.2) is 0 Å². The van der Waals surface area contributed by atoms with Crippen molar-refractivity contribution in [2.75, 3.05) is 13.1 Å². The molecule has 0 N–H and O–H groups in total. The Labute approximate surface area is 198 Å². The lowest BCUT2D eigenvalue weighted by molar-refractivity contribution is 0.157. The number of ether oxygens (including phenoxy) is 1. The number of aryl methyl sites for hydroxylation is 2. The average molecular weight is 463 g/mol. The van der Waals surface area contributed by atoms with Gasteiger partial charge in [0.05, 0.1) is 0 Å². The minimum atomic E-state index is -0.604. The van der Waals surface area contributed by atoms with E-state index in [0.29, 0.717) is 30.9 Å². The molecule has 0 bridgehead atoms. The lowest BCUT2D eigenvalue weighted by atomic mass is 9.97. The fourth-order valence-electron chi connectivity index (χ4n) is 4.43. The Morgan fingerprint density at radius 3 is 2.18 bits per heavy atom. The van der Waals surface area contributed by atoms with E-state index < -0.39 is 17.7 Å². The molecule has 176 valence electrons. The zero-order chi connectivity index (χ0) is 24.4. The number of fused-ring (bicyclic) bond motifs is 1. The van der Waals surface area contributed by atoms with Crippen LogP contribution >= 0.6 is 0 Å². The van der Waals surface area contributed by atoms with Gasteiger partial charge in [0.25, 0.3) is 0 Å². The van der Waals surface area contributed by atoms with Crippen LogP contribution in [0.4, 0.5) is 13.6 Å². The van der Waals surface area contributed by atoms with Gasteiger partial charge in [0, 0.05) is 48.4 Å². The molecule has 0 aliphatic rings. The van der Waals surface area contributed by atoms with Crippen LogP contribution < -0.4 is 4.74 Å². The number of benzene rings is 3. The van der Waals surface area contributed by atoms with Gasteiger partial charge in [-0.3, -0.25) is 0 Å². The van der Waals surface area contributed by atoms with Crippen LogP contribution in [0, 0.1) is 25.5 Å². The molecule has 1 heterocycles. The van der Waals surface area contributed by atoms with Gasteiger partial charge < -0.3 is 14.2 Å². The van der Waals surface area contributed by atoms with Crippen molar-refractivity contribution < 1.29 is 18.3 Å². The predicted octanol–water partition coefficient (Wildman–Crippen LogP) is 7.09. The van der Waals surface area contributed by atoms with Gasteiger partial charge in [-0.15, -0.1) is 0 Å². The van der Waals surface area contributed by atoms with Crippen molar-refractivity contribution in [2.45, 2.75) is 34.2 Å². The van der Waals surface area contributed by atoms with E-state index in [1.54, 1.807) is 11.0 Å². The Kier molecular flexibility index (Phi) is 6.68. The van der Waals surface area contributed by atoms with E-state index in [1.165, 1.54) is 12.1 Å². The van der Waals surface area contributed by atoms with E-state index in [-0.39, 0.29) is 0 Å². The average Bonchev–Trinajstić information content (AvgIpc) is 3.15. The first-order valence-electron chi connectivity index (χ1n) is 11.4. The maximum absolute atomic E-state index is 13.7. The van der Waals surface area contributed by atoms with Crippen molar-refractivity contribution in [1.29, 1.82) is 0 Å². The highest BCUT2D eigenvalue weighted by Crippen LogP contribution is 2.39. The van der Waals surface area contributed by atoms with Crippen molar-refractivity contribution in [3.8, 4) is 16.9 Å². The van der Waals surface area contributed by atoms with E-state index in [2.05, 4.69) is 18.2 Å². The lowest BCUT2D eigenvalue weighted by Gasteiger charge is -2.20. The van der Waals surface area contributed by atoms with Gasteiger partial charge >= 0.3 is 6.09 Å². The maximum Gasteiger partial charge on any atom is 0.415 e. The number of aromatic nitrogens is 1. The topological polar surface area (TPSA) is 34.5 Å². The highest BCUT2D eigenvalue weighted by Gasteiger charge is 2.19. The largest absolute Gasteiger partial charge is 0.415 e. The smallest absolute Gasteiger partial charge is 0.410 e. The number of carbonyl (C=O) groups is 1. The predicted molar refractivity (Wildman–Crippen MR) is 131 cm³/mol. The van der Waals surface area contributed by atoms with Gasteiger partial charge in [0.1, 0.15) is 17.4 Å². The molecule has 0 aliphatic carbocycles. The molecule has 1 amide bonds. The molecule has 1 aromatic heterocycles. The van der Waals surface area contributed by atoms with Crippen LogP contribution in [0.3, 0.4) is 0 Å². The summed E-state index contributed by atoms with van der Waals surface area (Å²) in [6.45, 7) is 9.29. The minimum absolute atomic E-state index is 0.309. The number of carbonyl (C=O) groups excluding carboxylic acids is 1. The molecular formula is C28H28F2N2O2. The number of halogens is 2. The minimum Gasteiger partial charge on any atom is -0.410 e. The molecule has 0 saturated heterocycles. The first-order valence-corrected chi connectivity index (χ1v) is 11.4. The fourth-order valence-corrected chi connectivity index (χ4v) is 4.43. The monoisotopic (exact) mass is 462 g/mol. The fraction of sp³-hybridized carbons (Fsp3) is 0.250. The molecule has 0 aliphatic heterocycles. The molecule has 0 fully saturated rings. The maximum atomic E-state index is 13.7. The first-order chi connectivity index (χ1) is 16.3. The molecule has 0 unspecified atom stereocenters. The third-order valence-corrected chi connectivity index (χ3v) is 5.92. The SMILES string of the molecule is CCN(CC)C(=O)Oc1ccc2c(ccn2Cc2cc(F)cc(F)c2)c1-c1cc(C)cc(C)c1. The summed E-state index contributed by atoms with van der Waals surface area (Å²) in [5, 5.41) is 0.895. The highest BCUT2D eigenvalue weighted by molar-refractivity contribution is 6.00. The van der Waals surface area contributed by atoms with Crippen LogP contribution in [0.15, 0.2) is 60.8 Å². The second kappa shape index (κ2) is 9.67. The molecule has 0 radical (unpaired) electrons. The van der Waals surface area contributed by atoms with Crippen molar-refractivity contribution >= 4 is 17.0 Å². The van der Waals surface area contributed by atoms with Crippen molar-refractivity contribution in [2.24, 2.45) is 0 Å². The summed E-state index contributed by atoms with van der Waals surface area (Å²) >= 11 is 0. The van der Waals surface area contributed by atoms with Crippen LogP contribution in [0.2, 0.25) is 0 Å². The van der Waals surface area contributed by atoms with Gasteiger partial charge in [0.2, 0.25) is 0 Å². The number of hydrogen-bond donors (Lipinski definition) is 0. The van der Waals surface area contributed by atoms with E-state index >= 15 is 0 Å². The first kappa shape index (κ1) is 23.5. The summed E-state index contributed by atoms with van der Waals surface area (Å²) in [6.07, 6.45) is 1.49. The molecule has 4 aromatic rings. The van der Waals surface area contributed by atoms with Crippen molar-refractivity contribution in [1.82, 2.24) is 9.47 Å². The van der Waals surface area contributed by atoms with Gasteiger partial charge in [-0.1, -0.05) is 29.3 Å². The van der Waals surface area contributed by atoms with Crippen LogP contribution in [-0.2, 0) is 6.54 Å². The van der Waals surface area contributed by atoms with Crippen molar-refractivity contribution in [3.63, 3.8) is 0 Å². The number of nitrogens with zero attached hydrogens (tertiary/aromatic N) is 2. The molecule has 0 spiro atoms. The van der Waals surface area contributed by atoms with Crippen LogP contribution in [-0.4, -0.2) is 28.6 Å². The quantitative estimate of drug-likeness (QED) is 0.306. The highest BCUT2D eigenvalue weighted by atomic mass is 19.1. The third-order valence-electron chi connectivity index (χ3n) is 5.92. The normalized spacial score (nSPS) is 11.1. The van der Waals surface area contributed by atoms with Crippen LogP contribution in [0.25, 0.3) is 22.0 Å². The third kappa shape index (κ3) is 4.81. The van der Waals surface area contributed by atoms with E-state index in [1.807, 2.05) is 50.6 Å². The van der Waals surface area contributed by atoms with E-state index in [4.69, 9.17) is 4.74 Å². The molecule has 6 heteroatoms. The van der Waals surface area contributed by atoms with Crippen LogP contribution in [0.5, 0.6) is 5.75 Å². The lowest BCUT2D eigenvalue weighted by Crippen LogP contribution is -2.33. The summed E-state index contributed by atoms with van der Waals surface area (Å²) < 4.78 is 35.3. The molecule has 3 aromatic carbocycles. The number of hydrogen-bond acceptors (Lipinski definition) is 2. The zero-order valence-corrected chi connectivity index (χ0v) is 19.9. The van der Waals surface area contributed by atoms with Gasteiger partial charge in [-0.2, -0.15) is 0 Å². The summed E-state index contributed by atoms with van der Waals surface area (Å²) in [4.78, 5) is 14.4. The van der Waals surface area contributed by atoms with Gasteiger partial charge in [-0.05, 0) is 69.2 Å². The standard InChI is InChI=1S/C28H28F2N2O2/c1-5-31(6-2)28(33)34-26-8-7-25-24(27(26)21-12-18(3)11-19(4)13-21)9-10-32(25)17-20-14-22(29)16-23(30)15-20/h7-16H,5-6,17H2,1-4H3. The summed E-state index contributed by atoms with van der Waals surface area (Å²) in [5.41, 5.74) is 5.36. The second-order valence-electron chi connectivity index (χ2n) is 8.51. The summed E-state index contributed by atoms with van der Waals surface area (Å²) in [6, 6.07) is 15.4. The molecule has 4 rings (SSSR count). The van der Waals surface area contributed by atoms with Crippen molar-refractivity contribution in [3.05, 3.63) is 89.1 Å². The Morgan fingerprint density at radius 1 is 0.912 bits per heavy atom. The molecule has 0 atom stereocenters. The molecule has 4 nitrogen and oxygen atoms in total. The van der Waals surface area contributed by atoms with E-state index in [9.17, 15) is 13.6 Å². The van der Waals surface area contributed by atoms with Gasteiger partial charge in [-0.25, -0.2) is 13.6 Å². The zero-order valence-electron chi connectivity index (χ0n) is 19.9. The Hall–Kier alpha value is -3.67. The van der Waals surface area contributed by atoms with Crippen LogP contribution in [0.1, 0.15) is 30.5 Å².